The molecule has 0 aliphatic heterocycles. The number of unbranched alkanes of at least 4 members (excludes halogenated alkanes) is 2. The zero-order valence-electron chi connectivity index (χ0n) is 18.0. The highest BCUT2D eigenvalue weighted by atomic mass is 16.4. The van der Waals surface area contributed by atoms with Gasteiger partial charge in [-0.05, 0) is 35.1 Å². The molecule has 3 aromatic rings. The van der Waals surface area contributed by atoms with Crippen molar-refractivity contribution < 1.29 is 9.90 Å². The Hall–Kier alpha value is -3.59. The van der Waals surface area contributed by atoms with Crippen molar-refractivity contribution in [3.8, 4) is 23.0 Å². The SMILES string of the molecule is CCC#Cc1nn(CCCCC)c(=O)n1Cc1ccc(-c2ccccc2C(=O)O)cc1. The lowest BCUT2D eigenvalue weighted by atomic mass is 9.99. The summed E-state index contributed by atoms with van der Waals surface area (Å²) in [6, 6.07) is 14.5. The number of benzene rings is 2. The Bertz CT molecular complexity index is 1160. The van der Waals surface area contributed by atoms with Crippen LogP contribution in [0, 0.1) is 11.8 Å². The largest absolute Gasteiger partial charge is 0.478 e. The summed E-state index contributed by atoms with van der Waals surface area (Å²) in [5, 5.41) is 13.9. The van der Waals surface area contributed by atoms with Gasteiger partial charge in [0.25, 0.3) is 0 Å². The molecule has 1 N–H and O–H groups in total. The molecule has 0 atom stereocenters. The Labute approximate surface area is 182 Å². The molecule has 160 valence electrons. The van der Waals surface area contributed by atoms with Crippen molar-refractivity contribution in [1.29, 1.82) is 0 Å². The van der Waals surface area contributed by atoms with E-state index in [1.54, 1.807) is 22.8 Å². The van der Waals surface area contributed by atoms with Gasteiger partial charge >= 0.3 is 11.7 Å². The number of carboxylic acids is 1. The Morgan fingerprint density at radius 3 is 2.48 bits per heavy atom. The summed E-state index contributed by atoms with van der Waals surface area (Å²) in [6.07, 6.45) is 3.73. The topological polar surface area (TPSA) is 77.1 Å². The number of hydrogen-bond acceptors (Lipinski definition) is 3. The number of hydrogen-bond donors (Lipinski definition) is 1. The number of nitrogens with zero attached hydrogens (tertiary/aromatic N) is 3. The molecule has 0 bridgehead atoms. The molecule has 0 fully saturated rings. The highest BCUT2D eigenvalue weighted by molar-refractivity contribution is 5.95. The third kappa shape index (κ3) is 5.32. The minimum Gasteiger partial charge on any atom is -0.478 e. The van der Waals surface area contributed by atoms with Crippen molar-refractivity contribution in [1.82, 2.24) is 14.3 Å². The lowest BCUT2D eigenvalue weighted by Gasteiger charge is -2.08. The van der Waals surface area contributed by atoms with Gasteiger partial charge in [-0.25, -0.2) is 14.3 Å². The number of rotatable bonds is 8. The lowest BCUT2D eigenvalue weighted by molar-refractivity contribution is 0.0697. The van der Waals surface area contributed by atoms with E-state index in [1.807, 2.05) is 37.3 Å². The fraction of sp³-hybridized carbons (Fsp3) is 0.320. The predicted molar refractivity (Wildman–Crippen MR) is 121 cm³/mol. The molecule has 0 aliphatic rings. The van der Waals surface area contributed by atoms with Gasteiger partial charge in [0.05, 0.1) is 12.1 Å². The quantitative estimate of drug-likeness (QED) is 0.435. The average Bonchev–Trinajstić information content (AvgIpc) is 3.07. The molecular formula is C25H27N3O3. The van der Waals surface area contributed by atoms with Crippen molar-refractivity contribution in [2.75, 3.05) is 0 Å². The standard InChI is InChI=1S/C25H27N3O3/c1-3-5-9-17-28-25(31)27(23(26-28)12-6-4-2)18-19-13-15-20(16-14-19)21-10-7-8-11-22(21)24(29)30/h7-8,10-11,13-16H,3-5,9,17-18H2,1-2H3,(H,29,30). The van der Waals surface area contributed by atoms with Gasteiger partial charge in [0.2, 0.25) is 5.82 Å². The normalized spacial score (nSPS) is 10.5. The molecule has 0 saturated carbocycles. The van der Waals surface area contributed by atoms with Crippen LogP contribution in [0.2, 0.25) is 0 Å². The summed E-state index contributed by atoms with van der Waals surface area (Å²) < 4.78 is 3.11. The summed E-state index contributed by atoms with van der Waals surface area (Å²) >= 11 is 0. The zero-order valence-corrected chi connectivity index (χ0v) is 18.0. The second kappa shape index (κ2) is 10.4. The summed E-state index contributed by atoms with van der Waals surface area (Å²) in [7, 11) is 0. The third-order valence-electron chi connectivity index (χ3n) is 5.04. The lowest BCUT2D eigenvalue weighted by Crippen LogP contribution is -2.25. The van der Waals surface area contributed by atoms with E-state index in [0.29, 0.717) is 30.9 Å². The molecule has 6 heteroatoms. The number of aromatic carboxylic acids is 1. The summed E-state index contributed by atoms with van der Waals surface area (Å²) in [5.41, 5.74) is 2.51. The first-order chi connectivity index (χ1) is 15.0. The monoisotopic (exact) mass is 417 g/mol. The van der Waals surface area contributed by atoms with Crippen LogP contribution < -0.4 is 5.69 Å². The number of carbonyl (C=O) groups is 1. The van der Waals surface area contributed by atoms with Gasteiger partial charge in [-0.3, -0.25) is 4.57 Å². The van der Waals surface area contributed by atoms with E-state index in [4.69, 9.17) is 0 Å². The van der Waals surface area contributed by atoms with Crippen LogP contribution in [0.5, 0.6) is 0 Å². The third-order valence-corrected chi connectivity index (χ3v) is 5.04. The zero-order chi connectivity index (χ0) is 22.2. The minimum absolute atomic E-state index is 0.156. The van der Waals surface area contributed by atoms with Crippen LogP contribution in [0.1, 0.15) is 61.3 Å². The first-order valence-electron chi connectivity index (χ1n) is 10.6. The maximum atomic E-state index is 12.9. The summed E-state index contributed by atoms with van der Waals surface area (Å²) in [6.45, 7) is 5.03. The van der Waals surface area contributed by atoms with Gasteiger partial charge in [-0.1, -0.05) is 75.1 Å². The highest BCUT2D eigenvalue weighted by Crippen LogP contribution is 2.24. The summed E-state index contributed by atoms with van der Waals surface area (Å²) in [4.78, 5) is 24.4. The van der Waals surface area contributed by atoms with E-state index in [2.05, 4.69) is 23.9 Å². The fourth-order valence-corrected chi connectivity index (χ4v) is 3.39. The molecular weight excluding hydrogens is 390 g/mol. The molecule has 0 spiro atoms. The summed E-state index contributed by atoms with van der Waals surface area (Å²) in [5.74, 6) is 5.53. The van der Waals surface area contributed by atoms with Crippen LogP contribution in [-0.4, -0.2) is 25.4 Å². The first-order valence-corrected chi connectivity index (χ1v) is 10.6. The van der Waals surface area contributed by atoms with Crippen molar-refractivity contribution in [2.45, 2.75) is 52.6 Å². The maximum absolute atomic E-state index is 12.9. The van der Waals surface area contributed by atoms with Crippen molar-refractivity contribution in [3.05, 3.63) is 76.0 Å². The number of carboxylic acid groups (broad SMARTS) is 1. The maximum Gasteiger partial charge on any atom is 0.347 e. The predicted octanol–water partition coefficient (Wildman–Crippen LogP) is 4.41. The van der Waals surface area contributed by atoms with E-state index in [-0.39, 0.29) is 11.3 Å². The minimum atomic E-state index is -0.958. The molecule has 0 saturated heterocycles. The van der Waals surface area contributed by atoms with Gasteiger partial charge in [-0.2, -0.15) is 0 Å². The van der Waals surface area contributed by atoms with Gasteiger partial charge < -0.3 is 5.11 Å². The van der Waals surface area contributed by atoms with Crippen molar-refractivity contribution >= 4 is 5.97 Å². The Balaban J connectivity index is 1.89. The van der Waals surface area contributed by atoms with Crippen molar-refractivity contribution in [2.24, 2.45) is 0 Å². The van der Waals surface area contributed by atoms with Crippen LogP contribution in [0.4, 0.5) is 0 Å². The van der Waals surface area contributed by atoms with Crippen LogP contribution in [0.15, 0.2) is 53.3 Å². The Morgan fingerprint density at radius 1 is 1.06 bits per heavy atom. The van der Waals surface area contributed by atoms with Crippen LogP contribution >= 0.6 is 0 Å². The average molecular weight is 418 g/mol. The van der Waals surface area contributed by atoms with Gasteiger partial charge in [0.15, 0.2) is 0 Å². The van der Waals surface area contributed by atoms with Gasteiger partial charge in [0, 0.05) is 13.0 Å². The molecule has 1 aromatic heterocycles. The van der Waals surface area contributed by atoms with Crippen LogP contribution in [0.25, 0.3) is 11.1 Å². The van der Waals surface area contributed by atoms with Crippen LogP contribution in [0.3, 0.4) is 0 Å². The smallest absolute Gasteiger partial charge is 0.347 e. The van der Waals surface area contributed by atoms with Crippen LogP contribution in [-0.2, 0) is 13.1 Å². The highest BCUT2D eigenvalue weighted by Gasteiger charge is 2.13. The molecule has 0 unspecified atom stereocenters. The number of aromatic nitrogens is 3. The van der Waals surface area contributed by atoms with E-state index in [9.17, 15) is 14.7 Å². The molecule has 3 rings (SSSR count). The number of aryl methyl sites for hydroxylation is 1. The molecule has 31 heavy (non-hydrogen) atoms. The fourth-order valence-electron chi connectivity index (χ4n) is 3.39. The van der Waals surface area contributed by atoms with Gasteiger partial charge in [0.1, 0.15) is 0 Å². The molecule has 0 amide bonds. The van der Waals surface area contributed by atoms with E-state index in [0.717, 1.165) is 30.4 Å². The van der Waals surface area contributed by atoms with E-state index in [1.165, 1.54) is 4.68 Å². The Kier molecular flexibility index (Phi) is 7.45. The first kappa shape index (κ1) is 22.1. The van der Waals surface area contributed by atoms with E-state index >= 15 is 0 Å². The van der Waals surface area contributed by atoms with E-state index < -0.39 is 5.97 Å². The second-order valence-electron chi connectivity index (χ2n) is 7.33. The molecule has 2 aromatic carbocycles. The molecule has 0 radical (unpaired) electrons. The van der Waals surface area contributed by atoms with Gasteiger partial charge in [-0.15, -0.1) is 5.10 Å². The van der Waals surface area contributed by atoms with Crippen molar-refractivity contribution in [3.63, 3.8) is 0 Å². The molecule has 0 aliphatic carbocycles. The molecule has 6 nitrogen and oxygen atoms in total. The Morgan fingerprint density at radius 2 is 1.81 bits per heavy atom. The molecule has 1 heterocycles. The second-order valence-corrected chi connectivity index (χ2v) is 7.33.